The molecule has 13 heavy (non-hydrogen) atoms. The van der Waals surface area contributed by atoms with Crippen LogP contribution < -0.4 is 0 Å². The first kappa shape index (κ1) is 9.00. The van der Waals surface area contributed by atoms with Gasteiger partial charge in [-0.25, -0.2) is 0 Å². The van der Waals surface area contributed by atoms with Crippen LogP contribution in [0.25, 0.3) is 0 Å². The number of hydrogen-bond acceptors (Lipinski definition) is 2. The van der Waals surface area contributed by atoms with Gasteiger partial charge < -0.3 is 9.80 Å². The van der Waals surface area contributed by atoms with Crippen molar-refractivity contribution in [3.05, 3.63) is 0 Å². The third-order valence-electron chi connectivity index (χ3n) is 3.06. The van der Waals surface area contributed by atoms with E-state index >= 15 is 0 Å². The quantitative estimate of drug-likeness (QED) is 0.641. The molecule has 0 radical (unpaired) electrons. The highest BCUT2D eigenvalue weighted by Gasteiger charge is 2.20. The van der Waals surface area contributed by atoms with Crippen molar-refractivity contribution >= 4 is 5.91 Å². The molecule has 2 saturated heterocycles. The molecule has 3 heteroatoms. The molecular weight excluding hydrogens is 164 g/mol. The lowest BCUT2D eigenvalue weighted by atomic mass is 10.4. The summed E-state index contributed by atoms with van der Waals surface area (Å²) in [6.07, 6.45) is 4.53. The first-order valence-electron chi connectivity index (χ1n) is 5.36. The summed E-state index contributed by atoms with van der Waals surface area (Å²) in [5.74, 6) is 0.360. The number of carbonyl (C=O) groups excluding carboxylic acids is 1. The van der Waals surface area contributed by atoms with Crippen LogP contribution in [-0.2, 0) is 4.79 Å². The van der Waals surface area contributed by atoms with Gasteiger partial charge in [-0.3, -0.25) is 4.79 Å². The van der Waals surface area contributed by atoms with Crippen LogP contribution in [0.2, 0.25) is 0 Å². The number of nitrogens with zero attached hydrogens (tertiary/aromatic N) is 2. The Labute approximate surface area is 79.7 Å². The lowest BCUT2D eigenvalue weighted by Crippen LogP contribution is -2.34. The van der Waals surface area contributed by atoms with E-state index in [1.54, 1.807) is 0 Å². The van der Waals surface area contributed by atoms with Gasteiger partial charge in [-0.2, -0.15) is 0 Å². The van der Waals surface area contributed by atoms with Gasteiger partial charge in [0.15, 0.2) is 0 Å². The summed E-state index contributed by atoms with van der Waals surface area (Å²) in [6.45, 7) is 5.52. The first-order valence-corrected chi connectivity index (χ1v) is 5.36. The molecule has 2 aliphatic heterocycles. The fourth-order valence-electron chi connectivity index (χ4n) is 2.21. The molecule has 0 saturated carbocycles. The average Bonchev–Trinajstić information content (AvgIpc) is 2.72. The average molecular weight is 182 g/mol. The van der Waals surface area contributed by atoms with Crippen molar-refractivity contribution in [2.45, 2.75) is 25.7 Å². The predicted octanol–water partition coefficient (Wildman–Crippen LogP) is 0.705. The maximum Gasteiger partial charge on any atom is 0.222 e. The number of hydrogen-bond donors (Lipinski definition) is 0. The van der Waals surface area contributed by atoms with Gasteiger partial charge >= 0.3 is 0 Å². The van der Waals surface area contributed by atoms with E-state index < -0.39 is 0 Å². The molecule has 0 aromatic heterocycles. The number of amides is 1. The Morgan fingerprint density at radius 3 is 2.38 bits per heavy atom. The Hall–Kier alpha value is -0.570. The minimum Gasteiger partial charge on any atom is -0.341 e. The fourth-order valence-corrected chi connectivity index (χ4v) is 2.21. The lowest BCUT2D eigenvalue weighted by Gasteiger charge is -2.20. The van der Waals surface area contributed by atoms with Crippen molar-refractivity contribution in [2.24, 2.45) is 0 Å². The van der Waals surface area contributed by atoms with Crippen LogP contribution >= 0.6 is 0 Å². The van der Waals surface area contributed by atoms with Crippen molar-refractivity contribution in [3.8, 4) is 0 Å². The maximum atomic E-state index is 11.3. The second-order valence-electron chi connectivity index (χ2n) is 4.03. The molecule has 2 aliphatic rings. The van der Waals surface area contributed by atoms with Crippen LogP contribution in [0.4, 0.5) is 0 Å². The highest BCUT2D eigenvalue weighted by molar-refractivity contribution is 5.78. The van der Waals surface area contributed by atoms with Gasteiger partial charge in [0.25, 0.3) is 0 Å². The molecule has 0 unspecified atom stereocenters. The summed E-state index contributed by atoms with van der Waals surface area (Å²) in [6, 6.07) is 0. The summed E-state index contributed by atoms with van der Waals surface area (Å²) in [7, 11) is 0. The van der Waals surface area contributed by atoms with Crippen molar-refractivity contribution < 1.29 is 4.79 Å². The van der Waals surface area contributed by atoms with E-state index in [1.165, 1.54) is 25.9 Å². The Morgan fingerprint density at radius 1 is 1.00 bits per heavy atom. The standard InChI is InChI=1S/C10H18N2O/c13-10-4-3-7-12(10)9-8-11-5-1-2-6-11/h1-9H2. The molecule has 0 spiro atoms. The predicted molar refractivity (Wildman–Crippen MR) is 51.5 cm³/mol. The highest BCUT2D eigenvalue weighted by atomic mass is 16.2. The smallest absolute Gasteiger partial charge is 0.222 e. The maximum absolute atomic E-state index is 11.3. The van der Waals surface area contributed by atoms with Crippen molar-refractivity contribution in [3.63, 3.8) is 0 Å². The van der Waals surface area contributed by atoms with E-state index in [0.29, 0.717) is 5.91 Å². The molecule has 3 nitrogen and oxygen atoms in total. The summed E-state index contributed by atoms with van der Waals surface area (Å²) >= 11 is 0. The van der Waals surface area contributed by atoms with Crippen LogP contribution in [0.5, 0.6) is 0 Å². The van der Waals surface area contributed by atoms with E-state index in [-0.39, 0.29) is 0 Å². The molecule has 1 amide bonds. The number of carbonyl (C=O) groups is 1. The van der Waals surface area contributed by atoms with Crippen molar-refractivity contribution in [1.82, 2.24) is 9.80 Å². The third-order valence-corrected chi connectivity index (χ3v) is 3.06. The minimum absolute atomic E-state index is 0.360. The van der Waals surface area contributed by atoms with Crippen LogP contribution in [-0.4, -0.2) is 48.4 Å². The highest BCUT2D eigenvalue weighted by Crippen LogP contribution is 2.11. The molecular formula is C10H18N2O. The molecule has 74 valence electrons. The van der Waals surface area contributed by atoms with Crippen molar-refractivity contribution in [2.75, 3.05) is 32.7 Å². The van der Waals surface area contributed by atoms with Gasteiger partial charge in [0.2, 0.25) is 5.91 Å². The molecule has 2 rings (SSSR count). The van der Waals surface area contributed by atoms with Gasteiger partial charge in [0.1, 0.15) is 0 Å². The van der Waals surface area contributed by atoms with Crippen LogP contribution in [0, 0.1) is 0 Å². The van der Waals surface area contributed by atoms with Gasteiger partial charge in [-0.15, -0.1) is 0 Å². The van der Waals surface area contributed by atoms with E-state index in [4.69, 9.17) is 0 Å². The SMILES string of the molecule is O=C1CCCN1CCN1CCCC1. The fraction of sp³-hybridized carbons (Fsp3) is 0.900. The summed E-state index contributed by atoms with van der Waals surface area (Å²) in [4.78, 5) is 15.8. The second kappa shape index (κ2) is 4.09. The Balaban J connectivity index is 1.69. The molecule has 0 bridgehead atoms. The molecule has 0 aromatic carbocycles. The topological polar surface area (TPSA) is 23.6 Å². The first-order chi connectivity index (χ1) is 6.36. The normalized spacial score (nSPS) is 24.6. The number of likely N-dealkylation sites (tertiary alicyclic amines) is 2. The van der Waals surface area contributed by atoms with Crippen LogP contribution in [0.15, 0.2) is 0 Å². The lowest BCUT2D eigenvalue weighted by molar-refractivity contribution is -0.127. The second-order valence-corrected chi connectivity index (χ2v) is 4.03. The zero-order valence-corrected chi connectivity index (χ0v) is 8.17. The zero-order valence-electron chi connectivity index (χ0n) is 8.17. The Kier molecular flexibility index (Phi) is 2.83. The van der Waals surface area contributed by atoms with E-state index in [0.717, 1.165) is 32.5 Å². The third kappa shape index (κ3) is 2.21. The van der Waals surface area contributed by atoms with Crippen molar-refractivity contribution in [1.29, 1.82) is 0 Å². The van der Waals surface area contributed by atoms with Gasteiger partial charge in [0, 0.05) is 26.1 Å². The van der Waals surface area contributed by atoms with E-state index in [1.807, 2.05) is 4.90 Å². The summed E-state index contributed by atoms with van der Waals surface area (Å²) in [5.41, 5.74) is 0. The number of rotatable bonds is 3. The zero-order chi connectivity index (χ0) is 9.10. The van der Waals surface area contributed by atoms with Crippen LogP contribution in [0.3, 0.4) is 0 Å². The summed E-state index contributed by atoms with van der Waals surface area (Å²) < 4.78 is 0. The minimum atomic E-state index is 0.360. The summed E-state index contributed by atoms with van der Waals surface area (Å²) in [5, 5.41) is 0. The van der Waals surface area contributed by atoms with Gasteiger partial charge in [-0.1, -0.05) is 0 Å². The molecule has 2 fully saturated rings. The monoisotopic (exact) mass is 182 g/mol. The Bertz CT molecular complexity index is 187. The molecule has 0 aromatic rings. The molecule has 0 aliphatic carbocycles. The Morgan fingerprint density at radius 2 is 1.77 bits per heavy atom. The largest absolute Gasteiger partial charge is 0.341 e. The molecule has 2 heterocycles. The van der Waals surface area contributed by atoms with Gasteiger partial charge in [-0.05, 0) is 32.4 Å². The molecule has 0 N–H and O–H groups in total. The van der Waals surface area contributed by atoms with E-state index in [9.17, 15) is 4.79 Å². The van der Waals surface area contributed by atoms with Crippen LogP contribution in [0.1, 0.15) is 25.7 Å². The molecule has 0 atom stereocenters. The van der Waals surface area contributed by atoms with Gasteiger partial charge in [0.05, 0.1) is 0 Å². The van der Waals surface area contributed by atoms with E-state index in [2.05, 4.69) is 4.90 Å².